The number of aromatic nitrogens is 2. The van der Waals surface area contributed by atoms with Gasteiger partial charge in [0.05, 0.1) is 15.8 Å². The Kier molecular flexibility index (Phi) is 5.39. The molecule has 0 saturated heterocycles. The molecule has 0 saturated carbocycles. The number of rotatable bonds is 5. The molecule has 4 aromatic rings. The maximum Gasteiger partial charge on any atom is 0.276 e. The van der Waals surface area contributed by atoms with E-state index in [1.54, 1.807) is 18.3 Å². The van der Waals surface area contributed by atoms with Gasteiger partial charge >= 0.3 is 0 Å². The quantitative estimate of drug-likeness (QED) is 0.512. The van der Waals surface area contributed by atoms with E-state index in [-0.39, 0.29) is 11.5 Å². The van der Waals surface area contributed by atoms with Gasteiger partial charge in [0.2, 0.25) is 5.91 Å². The highest BCUT2D eigenvalue weighted by atomic mass is 35.5. The van der Waals surface area contributed by atoms with Crippen molar-refractivity contribution in [3.05, 3.63) is 75.2 Å². The van der Waals surface area contributed by atoms with Crippen molar-refractivity contribution >= 4 is 49.0 Å². The van der Waals surface area contributed by atoms with Crippen LogP contribution in [0.1, 0.15) is 24.2 Å². The molecular formula is C22H20ClN3O2S. The number of nitrogens with zero attached hydrogens (tertiary/aromatic N) is 2. The van der Waals surface area contributed by atoms with Gasteiger partial charge in [0.25, 0.3) is 5.56 Å². The smallest absolute Gasteiger partial charge is 0.276 e. The first-order valence-electron chi connectivity index (χ1n) is 9.38. The number of benzene rings is 2. The number of amides is 1. The Morgan fingerprint density at radius 3 is 2.69 bits per heavy atom. The molecule has 2 aromatic carbocycles. The lowest BCUT2D eigenvalue weighted by atomic mass is 10.1. The number of carbonyl (C=O) groups is 1. The van der Waals surface area contributed by atoms with E-state index in [4.69, 9.17) is 11.6 Å². The fourth-order valence-corrected chi connectivity index (χ4v) is 4.64. The van der Waals surface area contributed by atoms with Gasteiger partial charge in [-0.3, -0.25) is 9.59 Å². The standard InChI is InChI=1S/C22H20ClN3O2S/c1-13-20-19(17-5-3-4-6-18(17)29-20)22(28)26(25-13)14(2)21(27)24-12-11-15-7-9-16(23)10-8-15/h3-10,14H,11-12H2,1-2H3,(H,24,27). The Balaban J connectivity index is 1.57. The van der Waals surface area contributed by atoms with E-state index in [2.05, 4.69) is 10.4 Å². The van der Waals surface area contributed by atoms with Gasteiger partial charge in [-0.1, -0.05) is 41.9 Å². The Labute approximate surface area is 176 Å². The predicted molar refractivity (Wildman–Crippen MR) is 119 cm³/mol. The van der Waals surface area contributed by atoms with E-state index in [0.717, 1.165) is 26.0 Å². The van der Waals surface area contributed by atoms with Crippen LogP contribution in [-0.4, -0.2) is 22.2 Å². The van der Waals surface area contributed by atoms with Crippen molar-refractivity contribution in [1.29, 1.82) is 0 Å². The zero-order chi connectivity index (χ0) is 20.5. The average Bonchev–Trinajstić information content (AvgIpc) is 3.12. The number of thiophene rings is 1. The predicted octanol–water partition coefficient (Wildman–Crippen LogP) is 4.49. The highest BCUT2D eigenvalue weighted by Gasteiger charge is 2.21. The molecule has 1 N–H and O–H groups in total. The molecule has 0 aliphatic rings. The van der Waals surface area contributed by atoms with Gasteiger partial charge in [-0.2, -0.15) is 5.10 Å². The highest BCUT2D eigenvalue weighted by molar-refractivity contribution is 7.26. The summed E-state index contributed by atoms with van der Waals surface area (Å²) in [6.07, 6.45) is 0.686. The van der Waals surface area contributed by atoms with Crippen LogP contribution in [0.25, 0.3) is 20.2 Å². The summed E-state index contributed by atoms with van der Waals surface area (Å²) in [7, 11) is 0. The summed E-state index contributed by atoms with van der Waals surface area (Å²) < 4.78 is 3.22. The molecule has 29 heavy (non-hydrogen) atoms. The third-order valence-corrected chi connectivity index (χ3v) is 6.51. The summed E-state index contributed by atoms with van der Waals surface area (Å²) in [6.45, 7) is 4.05. The van der Waals surface area contributed by atoms with Crippen LogP contribution in [0.5, 0.6) is 0 Å². The lowest BCUT2D eigenvalue weighted by Gasteiger charge is -2.15. The average molecular weight is 426 g/mol. The molecule has 2 heterocycles. The lowest BCUT2D eigenvalue weighted by molar-refractivity contribution is -0.124. The Hall–Kier alpha value is -2.70. The van der Waals surface area contributed by atoms with Gasteiger partial charge in [-0.15, -0.1) is 11.3 Å². The molecule has 148 valence electrons. The zero-order valence-corrected chi connectivity index (χ0v) is 17.7. The molecule has 4 rings (SSSR count). The van der Waals surface area contributed by atoms with E-state index in [1.807, 2.05) is 55.5 Å². The largest absolute Gasteiger partial charge is 0.354 e. The SMILES string of the molecule is Cc1nn(C(C)C(=O)NCCc2ccc(Cl)cc2)c(=O)c2c1sc1ccccc12. The second-order valence-corrected chi connectivity index (χ2v) is 8.47. The van der Waals surface area contributed by atoms with Crippen molar-refractivity contribution in [2.45, 2.75) is 26.3 Å². The molecule has 0 spiro atoms. The third-order valence-electron chi connectivity index (χ3n) is 4.98. The molecule has 0 aliphatic carbocycles. The molecular weight excluding hydrogens is 406 g/mol. The fourth-order valence-electron chi connectivity index (χ4n) is 3.38. The van der Waals surface area contributed by atoms with Crippen LogP contribution in [-0.2, 0) is 11.2 Å². The minimum Gasteiger partial charge on any atom is -0.354 e. The first kappa shape index (κ1) is 19.6. The minimum atomic E-state index is -0.700. The Morgan fingerprint density at radius 2 is 1.93 bits per heavy atom. The van der Waals surface area contributed by atoms with Gasteiger partial charge in [0.1, 0.15) is 6.04 Å². The van der Waals surface area contributed by atoms with Crippen molar-refractivity contribution in [2.75, 3.05) is 6.54 Å². The number of fused-ring (bicyclic) bond motifs is 3. The molecule has 1 amide bonds. The summed E-state index contributed by atoms with van der Waals surface area (Å²) in [6, 6.07) is 14.6. The van der Waals surface area contributed by atoms with Crippen molar-refractivity contribution < 1.29 is 4.79 Å². The minimum absolute atomic E-state index is 0.230. The maximum atomic E-state index is 13.1. The van der Waals surface area contributed by atoms with Crippen molar-refractivity contribution in [2.24, 2.45) is 0 Å². The number of halogens is 1. The normalized spacial score (nSPS) is 12.4. The first-order chi connectivity index (χ1) is 14.0. The molecule has 2 aromatic heterocycles. The molecule has 1 atom stereocenters. The number of nitrogens with one attached hydrogen (secondary N) is 1. The van der Waals surface area contributed by atoms with E-state index in [0.29, 0.717) is 23.4 Å². The van der Waals surface area contributed by atoms with E-state index in [9.17, 15) is 9.59 Å². The van der Waals surface area contributed by atoms with Gasteiger partial charge in [0, 0.05) is 21.7 Å². The monoisotopic (exact) mass is 425 g/mol. The second-order valence-electron chi connectivity index (χ2n) is 6.98. The molecule has 7 heteroatoms. The van der Waals surface area contributed by atoms with Gasteiger partial charge in [0.15, 0.2) is 0 Å². The number of carbonyl (C=O) groups excluding carboxylic acids is 1. The summed E-state index contributed by atoms with van der Waals surface area (Å²) in [5.74, 6) is -0.230. The number of aryl methyl sites for hydroxylation is 1. The molecule has 0 aliphatic heterocycles. The van der Waals surface area contributed by atoms with Gasteiger partial charge in [-0.05, 0) is 44.0 Å². The second kappa shape index (κ2) is 7.97. The highest BCUT2D eigenvalue weighted by Crippen LogP contribution is 2.32. The van der Waals surface area contributed by atoms with Crippen LogP contribution in [0.2, 0.25) is 5.02 Å². The fraction of sp³-hybridized carbons (Fsp3) is 0.227. The van der Waals surface area contributed by atoms with E-state index >= 15 is 0 Å². The zero-order valence-electron chi connectivity index (χ0n) is 16.1. The summed E-state index contributed by atoms with van der Waals surface area (Å²) >= 11 is 7.45. The molecule has 0 bridgehead atoms. The molecule has 1 unspecified atom stereocenters. The number of hydrogen-bond acceptors (Lipinski definition) is 4. The van der Waals surface area contributed by atoms with Crippen LogP contribution in [0.4, 0.5) is 0 Å². The molecule has 0 fully saturated rings. The lowest BCUT2D eigenvalue weighted by Crippen LogP contribution is -2.38. The third kappa shape index (κ3) is 3.78. The van der Waals surface area contributed by atoms with E-state index in [1.165, 1.54) is 4.68 Å². The van der Waals surface area contributed by atoms with Crippen LogP contribution in [0.15, 0.2) is 53.3 Å². The maximum absolute atomic E-state index is 13.1. The van der Waals surface area contributed by atoms with Crippen LogP contribution >= 0.6 is 22.9 Å². The molecule has 0 radical (unpaired) electrons. The van der Waals surface area contributed by atoms with Crippen LogP contribution in [0.3, 0.4) is 0 Å². The Morgan fingerprint density at radius 1 is 1.21 bits per heavy atom. The van der Waals surface area contributed by atoms with Crippen molar-refractivity contribution in [3.8, 4) is 0 Å². The van der Waals surface area contributed by atoms with Crippen molar-refractivity contribution in [1.82, 2.24) is 15.1 Å². The topological polar surface area (TPSA) is 64.0 Å². The van der Waals surface area contributed by atoms with Gasteiger partial charge < -0.3 is 5.32 Å². The summed E-state index contributed by atoms with van der Waals surface area (Å²) in [5, 5.41) is 9.56. The van der Waals surface area contributed by atoms with Crippen LogP contribution in [0, 0.1) is 6.92 Å². The van der Waals surface area contributed by atoms with E-state index < -0.39 is 6.04 Å². The number of hydrogen-bond donors (Lipinski definition) is 1. The molecule has 5 nitrogen and oxygen atoms in total. The van der Waals surface area contributed by atoms with Gasteiger partial charge in [-0.25, -0.2) is 4.68 Å². The van der Waals surface area contributed by atoms with Crippen LogP contribution < -0.4 is 10.9 Å². The van der Waals surface area contributed by atoms with Crippen molar-refractivity contribution in [3.63, 3.8) is 0 Å². The summed E-state index contributed by atoms with van der Waals surface area (Å²) in [5.41, 5.74) is 1.60. The summed E-state index contributed by atoms with van der Waals surface area (Å²) in [4.78, 5) is 25.8. The Bertz CT molecular complexity index is 1260. The first-order valence-corrected chi connectivity index (χ1v) is 10.6.